The van der Waals surface area contributed by atoms with Gasteiger partial charge >= 0.3 is 0 Å². The van der Waals surface area contributed by atoms with Crippen molar-refractivity contribution in [1.29, 1.82) is 0 Å². The van der Waals surface area contributed by atoms with Crippen LogP contribution in [0.5, 0.6) is 17.2 Å². The van der Waals surface area contributed by atoms with Gasteiger partial charge in [0, 0.05) is 0 Å². The molecule has 0 amide bonds. The van der Waals surface area contributed by atoms with E-state index < -0.39 is 0 Å². The Morgan fingerprint density at radius 3 is 2.00 bits per heavy atom. The lowest BCUT2D eigenvalue weighted by Crippen LogP contribution is -1.85. The fraction of sp³-hybridized carbons (Fsp3) is 0.250. The Hall–Kier alpha value is -1.38. The number of phenols is 2. The zero-order valence-electron chi connectivity index (χ0n) is 6.46. The third-order valence-corrected chi connectivity index (χ3v) is 1.40. The highest BCUT2D eigenvalue weighted by molar-refractivity contribution is 5.51. The van der Waals surface area contributed by atoms with E-state index in [0.29, 0.717) is 0 Å². The number of phenolic OH excluding ortho intramolecular Hbond substituents is 2. The first-order valence-electron chi connectivity index (χ1n) is 3.21. The molecule has 0 spiro atoms. The van der Waals surface area contributed by atoms with Crippen LogP contribution in [0.3, 0.4) is 0 Å². The van der Waals surface area contributed by atoms with Crippen LogP contribution in [0, 0.1) is 6.92 Å². The Balaban J connectivity index is 3.25. The third-order valence-electron chi connectivity index (χ3n) is 1.40. The van der Waals surface area contributed by atoms with Crippen LogP contribution in [0.2, 0.25) is 0 Å². The molecule has 0 saturated heterocycles. The maximum atomic E-state index is 9.19. The van der Waals surface area contributed by atoms with Gasteiger partial charge in [-0.1, -0.05) is 0 Å². The molecule has 0 atom stereocenters. The second kappa shape index (κ2) is 2.70. The van der Waals surface area contributed by atoms with Gasteiger partial charge in [-0.2, -0.15) is 0 Å². The minimum absolute atomic E-state index is 0.0370. The summed E-state index contributed by atoms with van der Waals surface area (Å²) >= 11 is 0. The van der Waals surface area contributed by atoms with E-state index in [1.165, 1.54) is 19.2 Å². The molecule has 1 aromatic carbocycles. The zero-order chi connectivity index (χ0) is 8.43. The Kier molecular flexibility index (Phi) is 1.89. The van der Waals surface area contributed by atoms with E-state index in [4.69, 9.17) is 4.74 Å². The summed E-state index contributed by atoms with van der Waals surface area (Å²) < 4.78 is 4.73. The number of aromatic hydroxyl groups is 2. The molecule has 0 unspecified atom stereocenters. The highest BCUT2D eigenvalue weighted by atomic mass is 16.5. The van der Waals surface area contributed by atoms with Crippen LogP contribution in [-0.4, -0.2) is 17.3 Å². The lowest BCUT2D eigenvalue weighted by Gasteiger charge is -2.05. The van der Waals surface area contributed by atoms with Gasteiger partial charge in [0.15, 0.2) is 11.5 Å². The van der Waals surface area contributed by atoms with Gasteiger partial charge in [0.05, 0.1) is 7.11 Å². The molecule has 0 aliphatic carbocycles. The van der Waals surface area contributed by atoms with Gasteiger partial charge < -0.3 is 14.9 Å². The van der Waals surface area contributed by atoms with Crippen LogP contribution in [-0.2, 0) is 0 Å². The molecular weight excluding hydrogens is 144 g/mol. The molecule has 1 rings (SSSR count). The van der Waals surface area contributed by atoms with E-state index in [-0.39, 0.29) is 17.2 Å². The van der Waals surface area contributed by atoms with Gasteiger partial charge in [0.25, 0.3) is 0 Å². The predicted molar refractivity (Wildman–Crippen MR) is 41.1 cm³/mol. The quantitative estimate of drug-likeness (QED) is 0.643. The molecule has 1 aromatic rings. The fourth-order valence-electron chi connectivity index (χ4n) is 0.944. The molecule has 0 fully saturated rings. The average molecular weight is 154 g/mol. The van der Waals surface area contributed by atoms with E-state index in [2.05, 4.69) is 0 Å². The average Bonchev–Trinajstić information content (AvgIpc) is 1.85. The van der Waals surface area contributed by atoms with Gasteiger partial charge in [-0.15, -0.1) is 0 Å². The van der Waals surface area contributed by atoms with E-state index in [9.17, 15) is 10.2 Å². The van der Waals surface area contributed by atoms with Gasteiger partial charge in [-0.25, -0.2) is 0 Å². The monoisotopic (exact) mass is 154 g/mol. The number of rotatable bonds is 1. The highest BCUT2D eigenvalue weighted by Gasteiger charge is 2.06. The number of hydrogen-bond donors (Lipinski definition) is 2. The third kappa shape index (κ3) is 1.37. The first-order valence-corrected chi connectivity index (χ1v) is 3.21. The maximum Gasteiger partial charge on any atom is 0.202 e. The van der Waals surface area contributed by atoms with Crippen molar-refractivity contribution in [1.82, 2.24) is 0 Å². The smallest absolute Gasteiger partial charge is 0.202 e. The van der Waals surface area contributed by atoms with E-state index in [1.54, 1.807) is 6.92 Å². The van der Waals surface area contributed by atoms with Crippen LogP contribution in [0.25, 0.3) is 0 Å². The summed E-state index contributed by atoms with van der Waals surface area (Å²) in [6.45, 7) is 1.78. The van der Waals surface area contributed by atoms with Gasteiger partial charge in [0.1, 0.15) is 0 Å². The van der Waals surface area contributed by atoms with Gasteiger partial charge in [-0.3, -0.25) is 0 Å². The number of ether oxygens (including phenoxy) is 1. The zero-order valence-corrected chi connectivity index (χ0v) is 6.46. The van der Waals surface area contributed by atoms with Crippen LogP contribution in [0.1, 0.15) is 5.56 Å². The van der Waals surface area contributed by atoms with Crippen molar-refractivity contribution in [2.75, 3.05) is 7.11 Å². The first kappa shape index (κ1) is 7.72. The largest absolute Gasteiger partial charge is 0.504 e. The van der Waals surface area contributed by atoms with Crippen LogP contribution in [0.15, 0.2) is 12.1 Å². The van der Waals surface area contributed by atoms with E-state index >= 15 is 0 Å². The van der Waals surface area contributed by atoms with Gasteiger partial charge in [0.2, 0.25) is 5.75 Å². The van der Waals surface area contributed by atoms with E-state index in [1.807, 2.05) is 0 Å². The van der Waals surface area contributed by atoms with Crippen LogP contribution in [0.4, 0.5) is 0 Å². The Labute approximate surface area is 64.9 Å². The molecular formula is C8H10O3. The molecule has 11 heavy (non-hydrogen) atoms. The van der Waals surface area contributed by atoms with Crippen molar-refractivity contribution >= 4 is 0 Å². The lowest BCUT2D eigenvalue weighted by atomic mass is 10.2. The van der Waals surface area contributed by atoms with Crippen molar-refractivity contribution in [3.8, 4) is 17.2 Å². The maximum absolute atomic E-state index is 9.19. The molecule has 0 aliphatic rings. The van der Waals surface area contributed by atoms with E-state index in [0.717, 1.165) is 5.56 Å². The summed E-state index contributed by atoms with van der Waals surface area (Å²) in [6.07, 6.45) is 0. The SMILES string of the molecule is COc1c(O)cc(C)cc1O. The van der Waals surface area contributed by atoms with Crippen molar-refractivity contribution in [3.63, 3.8) is 0 Å². The summed E-state index contributed by atoms with van der Waals surface area (Å²) in [7, 11) is 1.39. The molecule has 0 aliphatic heterocycles. The molecule has 3 heteroatoms. The summed E-state index contributed by atoms with van der Waals surface area (Å²) in [5, 5.41) is 18.4. The Morgan fingerprint density at radius 2 is 1.64 bits per heavy atom. The van der Waals surface area contributed by atoms with Gasteiger partial charge in [-0.05, 0) is 24.6 Å². The molecule has 0 saturated carbocycles. The fourth-order valence-corrected chi connectivity index (χ4v) is 0.944. The molecule has 2 N–H and O–H groups in total. The van der Waals surface area contributed by atoms with Crippen molar-refractivity contribution < 1.29 is 14.9 Å². The summed E-state index contributed by atoms with van der Waals surface area (Å²) in [6, 6.07) is 3.05. The number of benzene rings is 1. The normalized spacial score (nSPS) is 9.64. The summed E-state index contributed by atoms with van der Waals surface area (Å²) in [5.74, 6) is 0.0469. The lowest BCUT2D eigenvalue weighted by molar-refractivity contribution is 0.344. The minimum Gasteiger partial charge on any atom is -0.504 e. The highest BCUT2D eigenvalue weighted by Crippen LogP contribution is 2.35. The molecule has 0 heterocycles. The van der Waals surface area contributed by atoms with Crippen LogP contribution < -0.4 is 4.74 Å². The van der Waals surface area contributed by atoms with Crippen molar-refractivity contribution in [2.24, 2.45) is 0 Å². The molecule has 3 nitrogen and oxygen atoms in total. The van der Waals surface area contributed by atoms with Crippen LogP contribution >= 0.6 is 0 Å². The summed E-state index contributed by atoms with van der Waals surface area (Å²) in [4.78, 5) is 0. The second-order valence-electron chi connectivity index (χ2n) is 2.34. The molecule has 60 valence electrons. The first-order chi connectivity index (χ1) is 5.15. The number of aryl methyl sites for hydroxylation is 1. The standard InChI is InChI=1S/C8H10O3/c1-5-3-6(9)8(11-2)7(10)4-5/h3-4,9-10H,1-2H3. The Bertz CT molecular complexity index is 245. The number of methoxy groups -OCH3 is 1. The predicted octanol–water partition coefficient (Wildman–Crippen LogP) is 1.41. The number of hydrogen-bond acceptors (Lipinski definition) is 3. The molecule has 0 bridgehead atoms. The minimum atomic E-state index is -0.0370. The topological polar surface area (TPSA) is 49.7 Å². The van der Waals surface area contributed by atoms with Crippen molar-refractivity contribution in [2.45, 2.75) is 6.92 Å². The second-order valence-corrected chi connectivity index (χ2v) is 2.34. The molecule has 0 aromatic heterocycles. The van der Waals surface area contributed by atoms with Crippen molar-refractivity contribution in [3.05, 3.63) is 17.7 Å². The summed E-state index contributed by atoms with van der Waals surface area (Å²) in [5.41, 5.74) is 0.792. The molecule has 0 radical (unpaired) electrons. The Morgan fingerprint density at radius 1 is 1.18 bits per heavy atom.